The number of anilines is 1. The monoisotopic (exact) mass is 546 g/mol. The molecular formula is C28H30N6O4S. The van der Waals surface area contributed by atoms with Crippen molar-refractivity contribution in [3.05, 3.63) is 84.4 Å². The number of rotatable bonds is 8. The Morgan fingerprint density at radius 1 is 0.949 bits per heavy atom. The molecule has 3 aromatic carbocycles. The number of hydrogen-bond donors (Lipinski definition) is 2. The summed E-state index contributed by atoms with van der Waals surface area (Å²) in [5, 5.41) is 16.8. The predicted octanol–water partition coefficient (Wildman–Crippen LogP) is 3.30. The van der Waals surface area contributed by atoms with Gasteiger partial charge in [0, 0.05) is 11.7 Å². The van der Waals surface area contributed by atoms with Crippen molar-refractivity contribution in [2.75, 3.05) is 4.90 Å². The number of nitrogens with zero attached hydrogens (tertiary/aromatic N) is 4. The SMILES string of the molecule is NS(=O)(=O)c1ccc(N(C(=O)Cn2nnc3ccccc32)[C@@H](C(=O)NC2CCCCC2)c2ccccc2)cc1. The number of sulfonamides is 1. The maximum Gasteiger partial charge on any atom is 0.249 e. The van der Waals surface area contributed by atoms with Crippen LogP contribution in [0.1, 0.15) is 43.7 Å². The van der Waals surface area contributed by atoms with Gasteiger partial charge in [-0.1, -0.05) is 66.9 Å². The van der Waals surface area contributed by atoms with Gasteiger partial charge in [-0.3, -0.25) is 14.5 Å². The summed E-state index contributed by atoms with van der Waals surface area (Å²) in [6.45, 7) is -0.183. The van der Waals surface area contributed by atoms with Crippen LogP contribution in [-0.4, -0.2) is 41.3 Å². The van der Waals surface area contributed by atoms with E-state index in [1.54, 1.807) is 18.2 Å². The highest BCUT2D eigenvalue weighted by Gasteiger charge is 2.34. The molecule has 0 unspecified atom stereocenters. The van der Waals surface area contributed by atoms with Gasteiger partial charge < -0.3 is 5.32 Å². The summed E-state index contributed by atoms with van der Waals surface area (Å²) in [4.78, 5) is 29.3. The van der Waals surface area contributed by atoms with E-state index in [-0.39, 0.29) is 23.4 Å². The number of primary sulfonamides is 1. The van der Waals surface area contributed by atoms with Crippen LogP contribution in [0.3, 0.4) is 0 Å². The summed E-state index contributed by atoms with van der Waals surface area (Å²) < 4.78 is 25.3. The van der Waals surface area contributed by atoms with E-state index in [4.69, 9.17) is 5.14 Å². The molecule has 0 aliphatic heterocycles. The van der Waals surface area contributed by atoms with E-state index < -0.39 is 22.0 Å². The average Bonchev–Trinajstić information content (AvgIpc) is 3.34. The lowest BCUT2D eigenvalue weighted by atomic mass is 9.94. The quantitative estimate of drug-likeness (QED) is 0.348. The number of hydrogen-bond acceptors (Lipinski definition) is 6. The van der Waals surface area contributed by atoms with Gasteiger partial charge in [-0.05, 0) is 54.8 Å². The van der Waals surface area contributed by atoms with Gasteiger partial charge in [0.05, 0.1) is 10.4 Å². The minimum absolute atomic E-state index is 0.0263. The summed E-state index contributed by atoms with van der Waals surface area (Å²) in [6.07, 6.45) is 4.99. The van der Waals surface area contributed by atoms with Crippen LogP contribution in [0.15, 0.2) is 83.8 Å². The third kappa shape index (κ3) is 5.99. The summed E-state index contributed by atoms with van der Waals surface area (Å²) in [6, 6.07) is 21.0. The van der Waals surface area contributed by atoms with Crippen LogP contribution in [0.25, 0.3) is 11.0 Å². The largest absolute Gasteiger partial charge is 0.351 e. The molecule has 5 rings (SSSR count). The number of aromatic nitrogens is 3. The molecule has 0 spiro atoms. The van der Waals surface area contributed by atoms with Crippen LogP contribution in [0.4, 0.5) is 5.69 Å². The lowest BCUT2D eigenvalue weighted by Gasteiger charge is -2.33. The van der Waals surface area contributed by atoms with Gasteiger partial charge in [0.15, 0.2) is 0 Å². The Balaban J connectivity index is 1.57. The fourth-order valence-electron chi connectivity index (χ4n) is 5.05. The Hall–Kier alpha value is -4.09. The third-order valence-corrected chi connectivity index (χ3v) is 7.92. The Kier molecular flexibility index (Phi) is 7.71. The molecule has 10 nitrogen and oxygen atoms in total. The first-order chi connectivity index (χ1) is 18.8. The minimum Gasteiger partial charge on any atom is -0.351 e. The third-order valence-electron chi connectivity index (χ3n) is 6.99. The number of para-hydroxylation sites is 1. The Labute approximate surface area is 226 Å². The van der Waals surface area contributed by atoms with E-state index in [1.165, 1.54) is 33.8 Å². The van der Waals surface area contributed by atoms with Gasteiger partial charge in [0.2, 0.25) is 21.8 Å². The maximum atomic E-state index is 14.1. The van der Waals surface area contributed by atoms with Crippen LogP contribution in [0, 0.1) is 0 Å². The second-order valence-corrected chi connectivity index (χ2v) is 11.3. The molecule has 3 N–H and O–H groups in total. The molecule has 0 saturated heterocycles. The van der Waals surface area contributed by atoms with Crippen LogP contribution in [-0.2, 0) is 26.2 Å². The van der Waals surface area contributed by atoms with Gasteiger partial charge in [-0.15, -0.1) is 5.10 Å². The molecule has 1 saturated carbocycles. The normalized spacial score (nSPS) is 15.1. The van der Waals surface area contributed by atoms with Gasteiger partial charge in [-0.25, -0.2) is 18.2 Å². The first-order valence-corrected chi connectivity index (χ1v) is 14.4. The summed E-state index contributed by atoms with van der Waals surface area (Å²) >= 11 is 0. The lowest BCUT2D eigenvalue weighted by Crippen LogP contribution is -2.48. The van der Waals surface area contributed by atoms with E-state index >= 15 is 0 Å². The molecule has 1 atom stereocenters. The highest BCUT2D eigenvalue weighted by molar-refractivity contribution is 7.89. The Morgan fingerprint density at radius 2 is 1.62 bits per heavy atom. The molecule has 39 heavy (non-hydrogen) atoms. The molecular weight excluding hydrogens is 516 g/mol. The average molecular weight is 547 g/mol. The number of benzene rings is 3. The molecule has 4 aromatic rings. The van der Waals surface area contributed by atoms with Crippen molar-refractivity contribution in [2.45, 2.75) is 55.6 Å². The maximum absolute atomic E-state index is 14.1. The Morgan fingerprint density at radius 3 is 2.31 bits per heavy atom. The zero-order valence-electron chi connectivity index (χ0n) is 21.3. The van der Waals surface area contributed by atoms with E-state index in [0.717, 1.165) is 32.1 Å². The van der Waals surface area contributed by atoms with E-state index in [1.807, 2.05) is 36.4 Å². The van der Waals surface area contributed by atoms with Gasteiger partial charge >= 0.3 is 0 Å². The van der Waals surface area contributed by atoms with E-state index in [9.17, 15) is 18.0 Å². The van der Waals surface area contributed by atoms with Crippen molar-refractivity contribution in [1.29, 1.82) is 0 Å². The Bertz CT molecular complexity index is 1560. The molecule has 1 heterocycles. The highest BCUT2D eigenvalue weighted by Crippen LogP contribution is 2.30. The number of carbonyl (C=O) groups is 2. The van der Waals surface area contributed by atoms with Crippen LogP contribution >= 0.6 is 0 Å². The fourth-order valence-corrected chi connectivity index (χ4v) is 5.57. The highest BCUT2D eigenvalue weighted by atomic mass is 32.2. The number of nitrogens with two attached hydrogens (primary N) is 1. The predicted molar refractivity (Wildman–Crippen MR) is 147 cm³/mol. The summed E-state index contributed by atoms with van der Waals surface area (Å²) in [7, 11) is -3.94. The van der Waals surface area contributed by atoms with Crippen molar-refractivity contribution >= 4 is 38.6 Å². The second kappa shape index (κ2) is 11.3. The van der Waals surface area contributed by atoms with Crippen molar-refractivity contribution in [3.63, 3.8) is 0 Å². The molecule has 202 valence electrons. The molecule has 1 aliphatic rings. The first kappa shape index (κ1) is 26.5. The van der Waals surface area contributed by atoms with Crippen LogP contribution < -0.4 is 15.4 Å². The molecule has 1 fully saturated rings. The van der Waals surface area contributed by atoms with Gasteiger partial charge in [-0.2, -0.15) is 0 Å². The second-order valence-electron chi connectivity index (χ2n) is 9.70. The standard InChI is InChI=1S/C28H30N6O4S/c29-39(37,38)23-17-15-22(16-18-23)34(26(35)19-33-25-14-8-7-13-24(25)31-32-33)27(20-9-3-1-4-10-20)28(36)30-21-11-5-2-6-12-21/h1,3-4,7-10,13-18,21,27H,2,5-6,11-12,19H2,(H,30,36)(H2,29,37,38)/t27-/m1/s1. The van der Waals surface area contributed by atoms with Crippen molar-refractivity contribution < 1.29 is 18.0 Å². The molecule has 0 radical (unpaired) electrons. The van der Waals surface area contributed by atoms with Crippen LogP contribution in [0.2, 0.25) is 0 Å². The lowest BCUT2D eigenvalue weighted by molar-refractivity contribution is -0.127. The fraction of sp³-hybridized carbons (Fsp3) is 0.286. The zero-order valence-corrected chi connectivity index (χ0v) is 22.1. The van der Waals surface area contributed by atoms with E-state index in [0.29, 0.717) is 22.3 Å². The summed E-state index contributed by atoms with van der Waals surface area (Å²) in [5.74, 6) is -0.720. The van der Waals surface area contributed by atoms with Gasteiger partial charge in [0.1, 0.15) is 18.1 Å². The molecule has 11 heteroatoms. The minimum atomic E-state index is -3.94. The smallest absolute Gasteiger partial charge is 0.249 e. The first-order valence-electron chi connectivity index (χ1n) is 12.9. The number of nitrogens with one attached hydrogen (secondary N) is 1. The van der Waals surface area contributed by atoms with E-state index in [2.05, 4.69) is 15.6 Å². The topological polar surface area (TPSA) is 140 Å². The molecule has 1 aliphatic carbocycles. The van der Waals surface area contributed by atoms with Crippen molar-refractivity contribution in [2.24, 2.45) is 5.14 Å². The summed E-state index contributed by atoms with van der Waals surface area (Å²) in [5.41, 5.74) is 2.30. The molecule has 0 bridgehead atoms. The number of fused-ring (bicyclic) bond motifs is 1. The van der Waals surface area contributed by atoms with Gasteiger partial charge in [0.25, 0.3) is 0 Å². The van der Waals surface area contributed by atoms with Crippen molar-refractivity contribution in [3.8, 4) is 0 Å². The van der Waals surface area contributed by atoms with Crippen LogP contribution in [0.5, 0.6) is 0 Å². The molecule has 1 aromatic heterocycles. The number of amides is 2. The van der Waals surface area contributed by atoms with Crippen molar-refractivity contribution in [1.82, 2.24) is 20.3 Å². The zero-order chi connectivity index (χ0) is 27.4. The number of carbonyl (C=O) groups excluding carboxylic acids is 2. The molecule has 2 amide bonds.